The van der Waals surface area contributed by atoms with Gasteiger partial charge in [0.05, 0.1) is 33.0 Å². The first-order valence-electron chi connectivity index (χ1n) is 8.60. The molecule has 136 valence electrons. The number of aliphatic hydroxyl groups is 2. The molecule has 0 atom stereocenters. The Bertz CT molecular complexity index is 191. The van der Waals surface area contributed by atoms with Gasteiger partial charge >= 0.3 is 0 Å². The Morgan fingerprint density at radius 2 is 1.09 bits per heavy atom. The highest BCUT2D eigenvalue weighted by atomic mass is 35.5. The van der Waals surface area contributed by atoms with Crippen molar-refractivity contribution in [3.8, 4) is 0 Å². The van der Waals surface area contributed by atoms with Crippen molar-refractivity contribution in [3.63, 3.8) is 0 Å². The van der Waals surface area contributed by atoms with Crippen LogP contribution >= 0.6 is 12.4 Å². The maximum atomic E-state index is 8.73. The third-order valence-electron chi connectivity index (χ3n) is 3.35. The minimum atomic E-state index is -0.0307. The normalized spacial score (nSPS) is 10.9. The second-order valence-electron chi connectivity index (χ2n) is 5.35. The van der Waals surface area contributed by atoms with Crippen LogP contribution in [0.4, 0.5) is 0 Å². The third kappa shape index (κ3) is 18.1. The van der Waals surface area contributed by atoms with Crippen LogP contribution in [0.2, 0.25) is 0 Å². The summed E-state index contributed by atoms with van der Waals surface area (Å²) in [5, 5.41) is 18.8. The van der Waals surface area contributed by atoms with Gasteiger partial charge in [-0.25, -0.2) is 0 Å². The SMILES string of the molecule is CCCCCCCCCCCCN(OCCO)OCCO.Cl. The smallest absolute Gasteiger partial charge is 0.0942 e. The average molecular weight is 342 g/mol. The van der Waals surface area contributed by atoms with Gasteiger partial charge in [0.1, 0.15) is 0 Å². The molecule has 0 saturated carbocycles. The lowest BCUT2D eigenvalue weighted by atomic mass is 10.1. The maximum absolute atomic E-state index is 8.73. The third-order valence-corrected chi connectivity index (χ3v) is 3.35. The highest BCUT2D eigenvalue weighted by Crippen LogP contribution is 2.11. The van der Waals surface area contributed by atoms with Crippen molar-refractivity contribution in [2.24, 2.45) is 0 Å². The fourth-order valence-corrected chi connectivity index (χ4v) is 2.18. The van der Waals surface area contributed by atoms with Crippen LogP contribution in [-0.2, 0) is 9.68 Å². The monoisotopic (exact) mass is 341 g/mol. The average Bonchev–Trinajstić information content (AvgIpc) is 2.51. The zero-order valence-corrected chi connectivity index (χ0v) is 15.0. The van der Waals surface area contributed by atoms with Gasteiger partial charge in [-0.05, 0) is 6.42 Å². The van der Waals surface area contributed by atoms with E-state index in [4.69, 9.17) is 19.9 Å². The van der Waals surface area contributed by atoms with E-state index in [1.54, 1.807) is 0 Å². The summed E-state index contributed by atoms with van der Waals surface area (Å²) in [6.45, 7) is 3.31. The van der Waals surface area contributed by atoms with E-state index in [0.29, 0.717) is 6.54 Å². The molecule has 0 saturated heterocycles. The van der Waals surface area contributed by atoms with Crippen molar-refractivity contribution in [1.29, 1.82) is 0 Å². The van der Waals surface area contributed by atoms with E-state index < -0.39 is 0 Å². The van der Waals surface area contributed by atoms with Gasteiger partial charge in [-0.3, -0.25) is 9.68 Å². The Kier molecular flexibility index (Phi) is 23.3. The standard InChI is InChI=1S/C16H35NO4.ClH/c1-2-3-4-5-6-7-8-9-10-11-12-17(20-15-13-18)21-16-14-19;/h18-19H,2-16H2,1H3;1H. The van der Waals surface area contributed by atoms with Crippen LogP contribution < -0.4 is 0 Å². The molecule has 22 heavy (non-hydrogen) atoms. The van der Waals surface area contributed by atoms with Crippen molar-refractivity contribution < 1.29 is 19.9 Å². The molecule has 0 radical (unpaired) electrons. The van der Waals surface area contributed by atoms with E-state index in [1.807, 2.05) is 0 Å². The topological polar surface area (TPSA) is 62.2 Å². The molecule has 0 spiro atoms. The lowest BCUT2D eigenvalue weighted by Gasteiger charge is -2.20. The van der Waals surface area contributed by atoms with Gasteiger partial charge in [-0.1, -0.05) is 69.9 Å². The van der Waals surface area contributed by atoms with Gasteiger partial charge in [-0.2, -0.15) is 0 Å². The fraction of sp³-hybridized carbons (Fsp3) is 1.00. The number of hydroxylamine groups is 2. The number of aliphatic hydroxyl groups excluding tert-OH is 2. The van der Waals surface area contributed by atoms with E-state index in [0.717, 1.165) is 12.8 Å². The molecular weight excluding hydrogens is 306 g/mol. The molecule has 0 fully saturated rings. The Labute approximate surface area is 142 Å². The van der Waals surface area contributed by atoms with Crippen molar-refractivity contribution in [2.45, 2.75) is 71.1 Å². The minimum absolute atomic E-state index is 0. The molecule has 0 aromatic heterocycles. The first-order chi connectivity index (χ1) is 10.3. The molecule has 6 heteroatoms. The second kappa shape index (κ2) is 21.1. The van der Waals surface area contributed by atoms with Crippen LogP contribution in [0.1, 0.15) is 71.1 Å². The molecule has 0 aliphatic rings. The van der Waals surface area contributed by atoms with Crippen molar-refractivity contribution in [2.75, 3.05) is 33.0 Å². The zero-order valence-electron chi connectivity index (χ0n) is 14.2. The lowest BCUT2D eigenvalue weighted by Crippen LogP contribution is -2.28. The fourth-order valence-electron chi connectivity index (χ4n) is 2.18. The highest BCUT2D eigenvalue weighted by molar-refractivity contribution is 5.85. The van der Waals surface area contributed by atoms with Gasteiger partial charge in [0.25, 0.3) is 0 Å². The molecule has 0 unspecified atom stereocenters. The van der Waals surface area contributed by atoms with Crippen LogP contribution in [0.5, 0.6) is 0 Å². The molecule has 0 amide bonds. The molecule has 0 aromatic carbocycles. The van der Waals surface area contributed by atoms with Gasteiger partial charge in [-0.15, -0.1) is 12.4 Å². The van der Waals surface area contributed by atoms with Gasteiger partial charge in [0.2, 0.25) is 0 Å². The predicted molar refractivity (Wildman–Crippen MR) is 91.9 cm³/mol. The first-order valence-corrected chi connectivity index (χ1v) is 8.60. The first kappa shape index (κ1) is 24.3. The Balaban J connectivity index is 0. The summed E-state index contributed by atoms with van der Waals surface area (Å²) < 4.78 is 0. The zero-order chi connectivity index (χ0) is 15.6. The Morgan fingerprint density at radius 1 is 0.682 bits per heavy atom. The van der Waals surface area contributed by atoms with Crippen LogP contribution in [0, 0.1) is 0 Å². The molecule has 0 aromatic rings. The summed E-state index contributed by atoms with van der Waals surface area (Å²) in [6, 6.07) is 0. The van der Waals surface area contributed by atoms with Crippen molar-refractivity contribution in [1.82, 2.24) is 5.23 Å². The number of unbranched alkanes of at least 4 members (excludes halogenated alkanes) is 9. The molecule has 0 aliphatic carbocycles. The molecule has 0 bridgehead atoms. The maximum Gasteiger partial charge on any atom is 0.0942 e. The van der Waals surface area contributed by atoms with Gasteiger partial charge in [0.15, 0.2) is 0 Å². The summed E-state index contributed by atoms with van der Waals surface area (Å²) in [4.78, 5) is 10.5. The van der Waals surface area contributed by atoms with E-state index in [1.165, 1.54) is 56.6 Å². The number of hydrogen-bond donors (Lipinski definition) is 2. The second-order valence-corrected chi connectivity index (χ2v) is 5.35. The number of rotatable bonds is 17. The number of halogens is 1. The summed E-state index contributed by atoms with van der Waals surface area (Å²) in [6.07, 6.45) is 12.9. The van der Waals surface area contributed by atoms with E-state index >= 15 is 0 Å². The van der Waals surface area contributed by atoms with E-state index in [9.17, 15) is 0 Å². The summed E-state index contributed by atoms with van der Waals surface area (Å²) >= 11 is 0. The van der Waals surface area contributed by atoms with Crippen LogP contribution in [0.15, 0.2) is 0 Å². The van der Waals surface area contributed by atoms with Crippen LogP contribution in [0.25, 0.3) is 0 Å². The molecule has 0 aliphatic heterocycles. The minimum Gasteiger partial charge on any atom is -0.394 e. The van der Waals surface area contributed by atoms with Crippen LogP contribution in [0.3, 0.4) is 0 Å². The summed E-state index contributed by atoms with van der Waals surface area (Å²) in [5.74, 6) is 0. The Morgan fingerprint density at radius 3 is 1.50 bits per heavy atom. The lowest BCUT2D eigenvalue weighted by molar-refractivity contribution is -0.371. The van der Waals surface area contributed by atoms with Gasteiger partial charge in [0, 0.05) is 0 Å². The summed E-state index contributed by atoms with van der Waals surface area (Å²) in [7, 11) is 0. The Hall–Kier alpha value is 0.0900. The van der Waals surface area contributed by atoms with Crippen molar-refractivity contribution in [3.05, 3.63) is 0 Å². The molecule has 5 nitrogen and oxygen atoms in total. The van der Waals surface area contributed by atoms with E-state index in [-0.39, 0.29) is 38.8 Å². The van der Waals surface area contributed by atoms with Crippen molar-refractivity contribution >= 4 is 12.4 Å². The predicted octanol–water partition coefficient (Wildman–Crippen LogP) is 3.48. The van der Waals surface area contributed by atoms with Gasteiger partial charge < -0.3 is 10.2 Å². The molecule has 0 rings (SSSR count). The molecule has 2 N–H and O–H groups in total. The quantitative estimate of drug-likeness (QED) is 0.313. The molecular formula is C16H36ClNO4. The number of hydrogen-bond acceptors (Lipinski definition) is 5. The summed E-state index contributed by atoms with van der Waals surface area (Å²) in [5.41, 5.74) is 0. The number of nitrogens with zero attached hydrogens (tertiary/aromatic N) is 1. The van der Waals surface area contributed by atoms with E-state index in [2.05, 4.69) is 6.92 Å². The molecule has 0 heterocycles. The van der Waals surface area contributed by atoms with Crippen LogP contribution in [-0.4, -0.2) is 48.4 Å². The largest absolute Gasteiger partial charge is 0.394 e. The highest BCUT2D eigenvalue weighted by Gasteiger charge is 2.05.